The van der Waals surface area contributed by atoms with Crippen LogP contribution in [0, 0.1) is 4.91 Å². The van der Waals surface area contributed by atoms with Crippen LogP contribution >= 0.6 is 0 Å². The number of hydrogen-bond donors (Lipinski definition) is 1. The normalized spacial score (nSPS) is 9.38. The zero-order valence-electron chi connectivity index (χ0n) is 8.93. The minimum atomic E-state index is -0.515. The lowest BCUT2D eigenvalue weighted by Crippen LogP contribution is -2.21. The molecule has 0 saturated carbocycles. The van der Waals surface area contributed by atoms with Gasteiger partial charge < -0.3 is 5.32 Å². The van der Waals surface area contributed by atoms with E-state index in [-0.39, 0.29) is 5.91 Å². The van der Waals surface area contributed by atoms with Crippen LogP contribution in [-0.2, 0) is 0 Å². The number of carbonyl (C=O) groups is 2. The molecule has 1 rings (SSSR count). The van der Waals surface area contributed by atoms with Crippen LogP contribution in [0.5, 0.6) is 0 Å². The predicted molar refractivity (Wildman–Crippen MR) is 57.7 cm³/mol. The molecule has 0 fully saturated rings. The molecule has 0 atom stereocenters. The third-order valence-electron chi connectivity index (χ3n) is 2.04. The first-order valence-corrected chi connectivity index (χ1v) is 4.53. The van der Waals surface area contributed by atoms with Crippen molar-refractivity contribution >= 4 is 11.8 Å². The first-order chi connectivity index (χ1) is 7.60. The first-order valence-electron chi connectivity index (χ1n) is 4.53. The van der Waals surface area contributed by atoms with Gasteiger partial charge in [-0.05, 0) is 24.3 Å². The molecule has 0 aromatic heterocycles. The van der Waals surface area contributed by atoms with Crippen molar-refractivity contribution in [1.82, 2.24) is 10.3 Å². The smallest absolute Gasteiger partial charge is 0.276 e. The molecule has 0 bridgehead atoms. The highest BCUT2D eigenvalue weighted by Crippen LogP contribution is 2.07. The van der Waals surface area contributed by atoms with Crippen molar-refractivity contribution in [3.8, 4) is 0 Å². The Kier molecular flexibility index (Phi) is 3.71. The summed E-state index contributed by atoms with van der Waals surface area (Å²) in [6.07, 6.45) is 0. The zero-order chi connectivity index (χ0) is 12.1. The van der Waals surface area contributed by atoms with Gasteiger partial charge in [-0.3, -0.25) is 9.59 Å². The van der Waals surface area contributed by atoms with Gasteiger partial charge in [0.2, 0.25) is 0 Å². The van der Waals surface area contributed by atoms with Crippen molar-refractivity contribution in [2.75, 3.05) is 14.1 Å². The molecule has 0 aliphatic rings. The van der Waals surface area contributed by atoms with Crippen LogP contribution in [0.15, 0.2) is 29.6 Å². The Hall–Kier alpha value is -2.24. The number of hydrogen-bond acceptors (Lipinski definition) is 4. The second-order valence-corrected chi connectivity index (χ2v) is 3.07. The lowest BCUT2D eigenvalue weighted by molar-refractivity contribution is 0.0796. The minimum Gasteiger partial charge on any atom is -0.355 e. The van der Waals surface area contributed by atoms with E-state index in [1.165, 1.54) is 38.4 Å². The number of amides is 2. The van der Waals surface area contributed by atoms with Gasteiger partial charge in [-0.25, -0.2) is 0 Å². The van der Waals surface area contributed by atoms with Crippen molar-refractivity contribution in [3.63, 3.8) is 0 Å². The lowest BCUT2D eigenvalue weighted by Gasteiger charge is -2.06. The van der Waals surface area contributed by atoms with E-state index in [4.69, 9.17) is 0 Å². The number of rotatable bonds is 3. The molecular weight excluding hydrogens is 210 g/mol. The molecule has 16 heavy (non-hydrogen) atoms. The van der Waals surface area contributed by atoms with Crippen molar-refractivity contribution < 1.29 is 9.59 Å². The number of nitrogens with zero attached hydrogens (tertiary/aromatic N) is 2. The predicted octanol–water partition coefficient (Wildman–Crippen LogP) is 0.800. The van der Waals surface area contributed by atoms with Crippen LogP contribution < -0.4 is 5.32 Å². The Morgan fingerprint density at radius 1 is 1.19 bits per heavy atom. The monoisotopic (exact) mass is 221 g/mol. The van der Waals surface area contributed by atoms with E-state index in [1.807, 2.05) is 0 Å². The highest BCUT2D eigenvalue weighted by molar-refractivity contribution is 5.97. The van der Waals surface area contributed by atoms with Crippen LogP contribution in [0.2, 0.25) is 0 Å². The SMILES string of the molecule is CNC(=O)c1ccc(C(=O)N(C)N=O)cc1. The quantitative estimate of drug-likeness (QED) is 0.605. The van der Waals surface area contributed by atoms with Gasteiger partial charge >= 0.3 is 0 Å². The molecule has 6 nitrogen and oxygen atoms in total. The summed E-state index contributed by atoms with van der Waals surface area (Å²) >= 11 is 0. The largest absolute Gasteiger partial charge is 0.355 e. The number of benzene rings is 1. The van der Waals surface area contributed by atoms with Crippen LogP contribution in [-0.4, -0.2) is 30.9 Å². The molecule has 0 spiro atoms. The second-order valence-electron chi connectivity index (χ2n) is 3.07. The van der Waals surface area contributed by atoms with Crippen LogP contribution in [0.3, 0.4) is 0 Å². The van der Waals surface area contributed by atoms with E-state index in [1.54, 1.807) is 0 Å². The molecule has 0 aliphatic carbocycles. The average molecular weight is 221 g/mol. The van der Waals surface area contributed by atoms with E-state index in [0.717, 1.165) is 0 Å². The minimum absolute atomic E-state index is 0.235. The van der Waals surface area contributed by atoms with Crippen molar-refractivity contribution in [1.29, 1.82) is 0 Å². The molecule has 0 unspecified atom stereocenters. The number of carbonyl (C=O) groups excluding carboxylic acids is 2. The van der Waals surface area contributed by atoms with Gasteiger partial charge in [0.05, 0.1) is 5.29 Å². The fourth-order valence-electron chi connectivity index (χ4n) is 1.13. The van der Waals surface area contributed by atoms with Gasteiger partial charge in [0.1, 0.15) is 0 Å². The van der Waals surface area contributed by atoms with Gasteiger partial charge in [-0.2, -0.15) is 5.01 Å². The highest BCUT2D eigenvalue weighted by atomic mass is 16.3. The van der Waals surface area contributed by atoms with Gasteiger partial charge in [0, 0.05) is 25.2 Å². The van der Waals surface area contributed by atoms with Gasteiger partial charge in [0.25, 0.3) is 11.8 Å². The highest BCUT2D eigenvalue weighted by Gasteiger charge is 2.12. The fourth-order valence-corrected chi connectivity index (χ4v) is 1.13. The topological polar surface area (TPSA) is 78.8 Å². The summed E-state index contributed by atoms with van der Waals surface area (Å²) < 4.78 is 0. The Morgan fingerprint density at radius 2 is 1.69 bits per heavy atom. The molecule has 2 amide bonds. The van der Waals surface area contributed by atoms with Gasteiger partial charge in [0.15, 0.2) is 0 Å². The fraction of sp³-hybridized carbons (Fsp3) is 0.200. The molecule has 1 aromatic rings. The van der Waals surface area contributed by atoms with E-state index in [2.05, 4.69) is 10.6 Å². The molecule has 0 saturated heterocycles. The lowest BCUT2D eigenvalue weighted by atomic mass is 10.1. The van der Waals surface area contributed by atoms with Crippen molar-refractivity contribution in [2.24, 2.45) is 5.29 Å². The van der Waals surface area contributed by atoms with Crippen LogP contribution in [0.1, 0.15) is 20.7 Å². The third-order valence-corrected chi connectivity index (χ3v) is 2.04. The summed E-state index contributed by atoms with van der Waals surface area (Å²) in [7, 11) is 2.79. The summed E-state index contributed by atoms with van der Waals surface area (Å²) in [5.41, 5.74) is 0.746. The van der Waals surface area contributed by atoms with E-state index in [0.29, 0.717) is 16.1 Å². The summed E-state index contributed by atoms with van der Waals surface area (Å²) in [6, 6.07) is 5.94. The maximum Gasteiger partial charge on any atom is 0.276 e. The summed E-state index contributed by atoms with van der Waals surface area (Å²) in [4.78, 5) is 32.8. The maximum atomic E-state index is 11.5. The Labute approximate surface area is 92.2 Å². The van der Waals surface area contributed by atoms with E-state index in [9.17, 15) is 14.5 Å². The van der Waals surface area contributed by atoms with E-state index < -0.39 is 5.91 Å². The number of nitrogens with one attached hydrogen (secondary N) is 1. The van der Waals surface area contributed by atoms with Crippen molar-refractivity contribution in [3.05, 3.63) is 40.3 Å². The first kappa shape index (κ1) is 11.8. The van der Waals surface area contributed by atoms with E-state index >= 15 is 0 Å². The van der Waals surface area contributed by atoms with Gasteiger partial charge in [-0.15, -0.1) is 4.91 Å². The Bertz CT molecular complexity index is 414. The molecular formula is C10H11N3O3. The molecule has 1 aromatic carbocycles. The molecule has 0 aliphatic heterocycles. The summed E-state index contributed by atoms with van der Waals surface area (Å²) in [6.45, 7) is 0. The summed E-state index contributed by atoms with van der Waals surface area (Å²) in [5, 5.41) is 5.64. The Morgan fingerprint density at radius 3 is 2.12 bits per heavy atom. The van der Waals surface area contributed by atoms with Crippen molar-refractivity contribution in [2.45, 2.75) is 0 Å². The van der Waals surface area contributed by atoms with Crippen LogP contribution in [0.25, 0.3) is 0 Å². The zero-order valence-corrected chi connectivity index (χ0v) is 8.93. The molecule has 1 N–H and O–H groups in total. The average Bonchev–Trinajstić information content (AvgIpc) is 2.36. The maximum absolute atomic E-state index is 11.5. The van der Waals surface area contributed by atoms with Gasteiger partial charge in [-0.1, -0.05) is 0 Å². The van der Waals surface area contributed by atoms with Crippen LogP contribution in [0.4, 0.5) is 0 Å². The molecule has 0 radical (unpaired) electrons. The number of nitroso groups, excluding NO2 is 1. The summed E-state index contributed by atoms with van der Waals surface area (Å²) in [5.74, 6) is -0.751. The molecule has 84 valence electrons. The molecule has 6 heteroatoms. The molecule has 0 heterocycles. The Balaban J connectivity index is 2.91. The third kappa shape index (κ3) is 2.41. The standard InChI is InChI=1S/C10H11N3O3/c1-11-9(14)7-3-5-8(6-4-7)10(15)13(2)12-16/h3-6H,1-2H3,(H,11,14). The second kappa shape index (κ2) is 5.01.